The molecule has 2 aromatic rings. The van der Waals surface area contributed by atoms with E-state index in [9.17, 15) is 4.79 Å². The van der Waals surface area contributed by atoms with Gasteiger partial charge in [-0.2, -0.15) is 9.97 Å². The molecule has 0 aromatic carbocycles. The maximum Gasteiger partial charge on any atom is 0.356 e. The van der Waals surface area contributed by atoms with Crippen LogP contribution in [0.5, 0.6) is 0 Å². The van der Waals surface area contributed by atoms with E-state index >= 15 is 0 Å². The minimum absolute atomic E-state index is 0.293. The zero-order chi connectivity index (χ0) is 11.7. The number of aromatic nitrogens is 3. The number of nitrogens with one attached hydrogen (secondary N) is 1. The molecule has 16 heavy (non-hydrogen) atoms. The Bertz CT molecular complexity index is 588. The van der Waals surface area contributed by atoms with Crippen LogP contribution in [0.25, 0.3) is 5.65 Å². The van der Waals surface area contributed by atoms with Crippen LogP contribution in [-0.2, 0) is 0 Å². The summed E-state index contributed by atoms with van der Waals surface area (Å²) in [5, 5.41) is 2.94. The molecule has 0 saturated carbocycles. The predicted octanol–water partition coefficient (Wildman–Crippen LogP) is 1.14. The number of aryl methyl sites for hydroxylation is 2. The maximum atomic E-state index is 11.8. The van der Waals surface area contributed by atoms with Gasteiger partial charge in [-0.15, -0.1) is 0 Å². The lowest BCUT2D eigenvalue weighted by molar-refractivity contribution is 0.901. The average Bonchev–Trinajstić information content (AvgIpc) is 2.15. The Kier molecular flexibility index (Phi) is 2.60. The summed E-state index contributed by atoms with van der Waals surface area (Å²) in [7, 11) is 0. The van der Waals surface area contributed by atoms with Crippen LogP contribution >= 0.6 is 0 Å². The van der Waals surface area contributed by atoms with Crippen LogP contribution in [0.1, 0.15) is 18.2 Å². The molecule has 2 heterocycles. The van der Waals surface area contributed by atoms with Gasteiger partial charge in [0.25, 0.3) is 0 Å². The van der Waals surface area contributed by atoms with Gasteiger partial charge in [-0.3, -0.25) is 0 Å². The molecule has 2 rings (SSSR count). The van der Waals surface area contributed by atoms with Gasteiger partial charge in [0.15, 0.2) is 0 Å². The van der Waals surface area contributed by atoms with Gasteiger partial charge in [0, 0.05) is 12.2 Å². The van der Waals surface area contributed by atoms with Crippen LogP contribution in [0.15, 0.2) is 16.9 Å². The first-order valence-electron chi connectivity index (χ1n) is 5.23. The molecule has 0 aliphatic rings. The molecule has 84 valence electrons. The first kappa shape index (κ1) is 10.6. The molecule has 0 saturated heterocycles. The Balaban J connectivity index is 2.77. The van der Waals surface area contributed by atoms with Gasteiger partial charge in [-0.05, 0) is 38.5 Å². The van der Waals surface area contributed by atoms with Crippen molar-refractivity contribution in [1.82, 2.24) is 14.4 Å². The third-order valence-electron chi connectivity index (χ3n) is 2.32. The Labute approximate surface area is 93.2 Å². The molecule has 5 heteroatoms. The third-order valence-corrected chi connectivity index (χ3v) is 2.32. The fourth-order valence-corrected chi connectivity index (χ4v) is 1.73. The van der Waals surface area contributed by atoms with Crippen LogP contribution in [0.2, 0.25) is 0 Å². The Morgan fingerprint density at radius 1 is 1.31 bits per heavy atom. The summed E-state index contributed by atoms with van der Waals surface area (Å²) in [5.74, 6) is 0.387. The van der Waals surface area contributed by atoms with Crippen molar-refractivity contribution in [2.45, 2.75) is 20.8 Å². The molecule has 5 nitrogen and oxygen atoms in total. The quantitative estimate of drug-likeness (QED) is 0.821. The topological polar surface area (TPSA) is 59.3 Å². The average molecular weight is 218 g/mol. The molecule has 0 atom stereocenters. The molecule has 0 amide bonds. The maximum absolute atomic E-state index is 11.8. The Morgan fingerprint density at radius 3 is 2.75 bits per heavy atom. The number of fused-ring (bicyclic) bond motifs is 1. The Morgan fingerprint density at radius 2 is 2.06 bits per heavy atom. The second-order valence-corrected chi connectivity index (χ2v) is 3.73. The molecule has 0 spiro atoms. The number of hydrogen-bond acceptors (Lipinski definition) is 4. The van der Waals surface area contributed by atoms with Gasteiger partial charge < -0.3 is 5.32 Å². The van der Waals surface area contributed by atoms with Crippen molar-refractivity contribution in [3.8, 4) is 0 Å². The highest BCUT2D eigenvalue weighted by atomic mass is 16.1. The van der Waals surface area contributed by atoms with Crippen LogP contribution in [0.4, 0.5) is 5.95 Å². The number of rotatable bonds is 2. The fraction of sp³-hybridized carbons (Fsp3) is 0.364. The minimum Gasteiger partial charge on any atom is -0.354 e. The fourth-order valence-electron chi connectivity index (χ4n) is 1.73. The molecule has 0 bridgehead atoms. The van der Waals surface area contributed by atoms with E-state index in [1.54, 1.807) is 0 Å². The largest absolute Gasteiger partial charge is 0.356 e. The van der Waals surface area contributed by atoms with Gasteiger partial charge in [-0.25, -0.2) is 9.20 Å². The standard InChI is InChI=1S/C11H14N4O/c1-4-12-10-13-9-6-7(2)5-8(3)15(9)11(16)14-10/h5-6H,4H2,1-3H3,(H,12,14,16). The van der Waals surface area contributed by atoms with Gasteiger partial charge in [0.2, 0.25) is 5.95 Å². The number of anilines is 1. The van der Waals surface area contributed by atoms with Crippen molar-refractivity contribution in [2.75, 3.05) is 11.9 Å². The number of nitrogens with zero attached hydrogens (tertiary/aromatic N) is 3. The molecule has 1 N–H and O–H groups in total. The van der Waals surface area contributed by atoms with Crippen molar-refractivity contribution < 1.29 is 0 Å². The molecule has 0 aliphatic heterocycles. The van der Waals surface area contributed by atoms with Crippen molar-refractivity contribution in [3.63, 3.8) is 0 Å². The van der Waals surface area contributed by atoms with Crippen molar-refractivity contribution >= 4 is 11.6 Å². The summed E-state index contributed by atoms with van der Waals surface area (Å²) in [4.78, 5) is 19.9. The van der Waals surface area contributed by atoms with Gasteiger partial charge in [0.05, 0.1) is 0 Å². The highest BCUT2D eigenvalue weighted by Gasteiger charge is 2.05. The van der Waals surface area contributed by atoms with E-state index in [-0.39, 0.29) is 5.69 Å². The highest BCUT2D eigenvalue weighted by molar-refractivity contribution is 5.46. The van der Waals surface area contributed by atoms with Crippen LogP contribution in [-0.4, -0.2) is 20.9 Å². The third kappa shape index (κ3) is 1.76. The van der Waals surface area contributed by atoms with Crippen molar-refractivity contribution in [3.05, 3.63) is 33.9 Å². The lowest BCUT2D eigenvalue weighted by atomic mass is 10.2. The second-order valence-electron chi connectivity index (χ2n) is 3.73. The lowest BCUT2D eigenvalue weighted by Gasteiger charge is -2.07. The molecular weight excluding hydrogens is 204 g/mol. The van der Waals surface area contributed by atoms with Gasteiger partial charge in [0.1, 0.15) is 5.65 Å². The van der Waals surface area contributed by atoms with E-state index in [1.165, 1.54) is 4.40 Å². The zero-order valence-corrected chi connectivity index (χ0v) is 9.61. The van der Waals surface area contributed by atoms with E-state index in [4.69, 9.17) is 0 Å². The Hall–Kier alpha value is -1.91. The van der Waals surface area contributed by atoms with Crippen molar-refractivity contribution in [2.24, 2.45) is 0 Å². The highest BCUT2D eigenvalue weighted by Crippen LogP contribution is 2.07. The molecule has 0 unspecified atom stereocenters. The van der Waals surface area contributed by atoms with Crippen LogP contribution in [0.3, 0.4) is 0 Å². The van der Waals surface area contributed by atoms with Crippen LogP contribution in [0, 0.1) is 13.8 Å². The SMILES string of the molecule is CCNc1nc(=O)n2c(C)cc(C)cc2n1. The van der Waals surface area contributed by atoms with E-state index in [2.05, 4.69) is 15.3 Å². The second kappa shape index (κ2) is 3.92. The molecule has 0 fully saturated rings. The minimum atomic E-state index is -0.293. The first-order chi connectivity index (χ1) is 7.61. The monoisotopic (exact) mass is 218 g/mol. The molecular formula is C11H14N4O. The van der Waals surface area contributed by atoms with Gasteiger partial charge in [-0.1, -0.05) is 0 Å². The van der Waals surface area contributed by atoms with E-state index in [0.717, 1.165) is 11.3 Å². The predicted molar refractivity (Wildman–Crippen MR) is 62.9 cm³/mol. The normalized spacial score (nSPS) is 10.7. The smallest absolute Gasteiger partial charge is 0.354 e. The number of hydrogen-bond donors (Lipinski definition) is 1. The first-order valence-corrected chi connectivity index (χ1v) is 5.23. The summed E-state index contributed by atoms with van der Waals surface area (Å²) >= 11 is 0. The van der Waals surface area contributed by atoms with E-state index in [0.29, 0.717) is 18.1 Å². The van der Waals surface area contributed by atoms with Crippen molar-refractivity contribution in [1.29, 1.82) is 0 Å². The summed E-state index contributed by atoms with van der Waals surface area (Å²) in [6, 6.07) is 3.81. The number of pyridine rings is 1. The molecule has 0 radical (unpaired) electrons. The molecule has 2 aromatic heterocycles. The molecule has 0 aliphatic carbocycles. The van der Waals surface area contributed by atoms with E-state index < -0.39 is 0 Å². The summed E-state index contributed by atoms with van der Waals surface area (Å²) in [6.07, 6.45) is 0. The van der Waals surface area contributed by atoms with E-state index in [1.807, 2.05) is 32.9 Å². The summed E-state index contributed by atoms with van der Waals surface area (Å²) < 4.78 is 1.51. The van der Waals surface area contributed by atoms with Gasteiger partial charge >= 0.3 is 5.69 Å². The summed E-state index contributed by atoms with van der Waals surface area (Å²) in [5.41, 5.74) is 2.27. The zero-order valence-electron chi connectivity index (χ0n) is 9.61. The van der Waals surface area contributed by atoms with Crippen LogP contribution < -0.4 is 11.0 Å². The summed E-state index contributed by atoms with van der Waals surface area (Å²) in [6.45, 7) is 6.48. The lowest BCUT2D eigenvalue weighted by Crippen LogP contribution is -2.22.